The van der Waals surface area contributed by atoms with E-state index in [9.17, 15) is 9.59 Å². The van der Waals surface area contributed by atoms with E-state index in [0.29, 0.717) is 34.7 Å². The Kier molecular flexibility index (Phi) is 3.24. The number of amides is 1. The van der Waals surface area contributed by atoms with Crippen LogP contribution in [-0.2, 0) is 13.0 Å². The Hall–Kier alpha value is -2.51. The van der Waals surface area contributed by atoms with E-state index in [-0.39, 0.29) is 5.78 Å². The number of rotatable bonds is 3. The normalized spacial score (nSPS) is 13.9. The van der Waals surface area contributed by atoms with Crippen molar-refractivity contribution in [2.75, 3.05) is 6.54 Å². The fourth-order valence-electron chi connectivity index (χ4n) is 2.97. The van der Waals surface area contributed by atoms with Gasteiger partial charge in [-0.15, -0.1) is 11.3 Å². The molecule has 0 bridgehead atoms. The molecule has 1 aliphatic heterocycles. The van der Waals surface area contributed by atoms with E-state index in [1.165, 1.54) is 11.3 Å². The van der Waals surface area contributed by atoms with Crippen LogP contribution in [0.4, 0.5) is 0 Å². The van der Waals surface area contributed by atoms with Crippen LogP contribution in [-0.4, -0.2) is 27.6 Å². The highest BCUT2D eigenvalue weighted by molar-refractivity contribution is 7.14. The van der Waals surface area contributed by atoms with Crippen molar-refractivity contribution in [1.29, 1.82) is 0 Å². The monoisotopic (exact) mass is 326 g/mol. The highest BCUT2D eigenvalue weighted by atomic mass is 32.1. The topological polar surface area (TPSA) is 89.5 Å². The number of nitrogens with zero attached hydrogens (tertiary/aromatic N) is 2. The molecule has 4 rings (SSSR count). The molecule has 3 aromatic heterocycles. The van der Waals surface area contributed by atoms with Crippen molar-refractivity contribution in [1.82, 2.24) is 14.7 Å². The minimum absolute atomic E-state index is 0.211. The summed E-state index contributed by atoms with van der Waals surface area (Å²) >= 11 is 1.35. The van der Waals surface area contributed by atoms with Crippen molar-refractivity contribution < 1.29 is 9.59 Å². The first-order valence-corrected chi connectivity index (χ1v) is 8.10. The molecule has 0 unspecified atom stereocenters. The van der Waals surface area contributed by atoms with Crippen molar-refractivity contribution in [2.24, 2.45) is 5.73 Å². The lowest BCUT2D eigenvalue weighted by atomic mass is 10.0. The van der Waals surface area contributed by atoms with E-state index in [2.05, 4.69) is 10.3 Å². The summed E-state index contributed by atoms with van der Waals surface area (Å²) in [7, 11) is 0. The molecule has 0 fully saturated rings. The average Bonchev–Trinajstić information content (AvgIpc) is 3.15. The molecule has 0 saturated heterocycles. The van der Waals surface area contributed by atoms with Gasteiger partial charge in [0.1, 0.15) is 11.3 Å². The number of thiophene rings is 1. The summed E-state index contributed by atoms with van der Waals surface area (Å²) < 4.78 is 1.73. The summed E-state index contributed by atoms with van der Waals surface area (Å²) in [4.78, 5) is 30.6. The van der Waals surface area contributed by atoms with Crippen LogP contribution in [0.3, 0.4) is 0 Å². The van der Waals surface area contributed by atoms with Gasteiger partial charge >= 0.3 is 0 Å². The molecule has 1 aliphatic rings. The Morgan fingerprint density at radius 1 is 1.35 bits per heavy atom. The van der Waals surface area contributed by atoms with E-state index in [0.717, 1.165) is 17.0 Å². The predicted octanol–water partition coefficient (Wildman–Crippen LogP) is 1.37. The molecule has 0 atom stereocenters. The van der Waals surface area contributed by atoms with Gasteiger partial charge < -0.3 is 11.1 Å². The Morgan fingerprint density at radius 2 is 2.22 bits per heavy atom. The van der Waals surface area contributed by atoms with Gasteiger partial charge in [0.2, 0.25) is 5.78 Å². The highest BCUT2D eigenvalue weighted by Crippen LogP contribution is 2.32. The van der Waals surface area contributed by atoms with Crippen molar-refractivity contribution in [3.63, 3.8) is 0 Å². The van der Waals surface area contributed by atoms with Crippen LogP contribution in [0.15, 0.2) is 30.6 Å². The Bertz CT molecular complexity index is 941. The average molecular weight is 326 g/mol. The summed E-state index contributed by atoms with van der Waals surface area (Å²) in [6.07, 6.45) is 4.04. The van der Waals surface area contributed by atoms with Crippen LogP contribution in [0.25, 0.3) is 5.65 Å². The minimum Gasteiger partial charge on any atom is -0.366 e. The molecule has 4 heterocycles. The third kappa shape index (κ3) is 2.16. The van der Waals surface area contributed by atoms with Crippen LogP contribution in [0, 0.1) is 0 Å². The van der Waals surface area contributed by atoms with E-state index in [4.69, 9.17) is 5.73 Å². The molecule has 0 radical (unpaired) electrons. The fraction of sp³-hybridized carbons (Fsp3) is 0.188. The molecule has 6 nitrogen and oxygen atoms in total. The maximum absolute atomic E-state index is 13.0. The lowest BCUT2D eigenvalue weighted by Gasteiger charge is -2.12. The minimum atomic E-state index is -0.540. The molecule has 23 heavy (non-hydrogen) atoms. The second-order valence-electron chi connectivity index (χ2n) is 5.40. The fourth-order valence-corrected chi connectivity index (χ4v) is 4.24. The van der Waals surface area contributed by atoms with Gasteiger partial charge in [-0.05, 0) is 30.7 Å². The molecule has 1 amide bonds. The number of aromatic nitrogens is 2. The smallest absolute Gasteiger partial charge is 0.250 e. The van der Waals surface area contributed by atoms with Crippen molar-refractivity contribution >= 4 is 28.7 Å². The number of pyridine rings is 1. The van der Waals surface area contributed by atoms with Gasteiger partial charge in [0.15, 0.2) is 0 Å². The second kappa shape index (κ2) is 5.29. The van der Waals surface area contributed by atoms with Gasteiger partial charge in [-0.25, -0.2) is 4.98 Å². The maximum Gasteiger partial charge on any atom is 0.250 e. The molecule has 0 spiro atoms. The molecule has 0 aliphatic carbocycles. The molecule has 3 N–H and O–H groups in total. The van der Waals surface area contributed by atoms with Gasteiger partial charge in [0, 0.05) is 17.6 Å². The lowest BCUT2D eigenvalue weighted by molar-refractivity contribution is 0.0981. The molecule has 0 saturated carbocycles. The van der Waals surface area contributed by atoms with Gasteiger partial charge in [-0.3, -0.25) is 14.0 Å². The van der Waals surface area contributed by atoms with Gasteiger partial charge in [-0.2, -0.15) is 0 Å². The van der Waals surface area contributed by atoms with Crippen LogP contribution < -0.4 is 11.1 Å². The summed E-state index contributed by atoms with van der Waals surface area (Å²) in [5, 5.41) is 3.25. The molecule has 116 valence electrons. The zero-order valence-corrected chi connectivity index (χ0v) is 13.0. The molecule has 0 aromatic carbocycles. The van der Waals surface area contributed by atoms with Crippen LogP contribution in [0.1, 0.15) is 36.2 Å². The van der Waals surface area contributed by atoms with E-state index >= 15 is 0 Å². The first-order valence-electron chi connectivity index (χ1n) is 7.28. The maximum atomic E-state index is 13.0. The zero-order valence-electron chi connectivity index (χ0n) is 12.2. The highest BCUT2D eigenvalue weighted by Gasteiger charge is 2.29. The standard InChI is InChI=1S/C16H14N4O2S/c17-16(22)13-9-4-5-18-8-11(9)23-15(13)14(21)10-7-19-12-3-1-2-6-20(10)12/h1-3,6-7,18H,4-5,8H2,(H2,17,22). The largest absolute Gasteiger partial charge is 0.366 e. The molecule has 7 heteroatoms. The van der Waals surface area contributed by atoms with Gasteiger partial charge in [-0.1, -0.05) is 6.07 Å². The third-order valence-corrected chi connectivity index (χ3v) is 5.26. The summed E-state index contributed by atoms with van der Waals surface area (Å²) in [5.41, 5.74) is 7.99. The lowest BCUT2D eigenvalue weighted by Crippen LogP contribution is -2.25. The first kappa shape index (κ1) is 14.1. The van der Waals surface area contributed by atoms with Crippen LogP contribution >= 0.6 is 11.3 Å². The number of nitrogens with two attached hydrogens (primary N) is 1. The van der Waals surface area contributed by atoms with E-state index in [1.807, 2.05) is 18.2 Å². The molecular formula is C16H14N4O2S. The molecular weight excluding hydrogens is 312 g/mol. The Balaban J connectivity index is 1.88. The predicted molar refractivity (Wildman–Crippen MR) is 86.9 cm³/mol. The second-order valence-corrected chi connectivity index (χ2v) is 6.51. The number of ketones is 1. The SMILES string of the molecule is NC(=O)c1c(C(=O)c2cnc3ccccn23)sc2c1CCNC2. The summed E-state index contributed by atoms with van der Waals surface area (Å²) in [6, 6.07) is 5.53. The third-order valence-electron chi connectivity index (χ3n) is 4.03. The first-order chi connectivity index (χ1) is 11.2. The number of hydrogen-bond acceptors (Lipinski definition) is 5. The van der Waals surface area contributed by atoms with E-state index in [1.54, 1.807) is 16.8 Å². The number of primary amides is 1. The number of carbonyl (C=O) groups is 2. The van der Waals surface area contributed by atoms with Crippen LogP contribution in [0.5, 0.6) is 0 Å². The number of hydrogen-bond donors (Lipinski definition) is 2. The van der Waals surface area contributed by atoms with Gasteiger partial charge in [0.05, 0.1) is 16.6 Å². The zero-order chi connectivity index (χ0) is 16.0. The number of nitrogens with one attached hydrogen (secondary N) is 1. The number of imidazole rings is 1. The van der Waals surface area contributed by atoms with Crippen molar-refractivity contribution in [3.8, 4) is 0 Å². The Labute approximate surface area is 135 Å². The van der Waals surface area contributed by atoms with Crippen molar-refractivity contribution in [2.45, 2.75) is 13.0 Å². The van der Waals surface area contributed by atoms with Crippen molar-refractivity contribution in [3.05, 3.63) is 57.2 Å². The van der Waals surface area contributed by atoms with Gasteiger partial charge in [0.25, 0.3) is 5.91 Å². The quantitative estimate of drug-likeness (QED) is 0.712. The summed E-state index contributed by atoms with van der Waals surface area (Å²) in [6.45, 7) is 1.45. The Morgan fingerprint density at radius 3 is 3.04 bits per heavy atom. The summed E-state index contributed by atoms with van der Waals surface area (Å²) in [5.74, 6) is -0.751. The molecule has 3 aromatic rings. The number of carbonyl (C=O) groups excluding carboxylic acids is 2. The van der Waals surface area contributed by atoms with Crippen LogP contribution in [0.2, 0.25) is 0 Å². The number of fused-ring (bicyclic) bond motifs is 2. The van der Waals surface area contributed by atoms with E-state index < -0.39 is 5.91 Å².